The highest BCUT2D eigenvalue weighted by molar-refractivity contribution is 5.39. The van der Waals surface area contributed by atoms with Crippen molar-refractivity contribution >= 4 is 0 Å². The average molecular weight is 248 g/mol. The lowest BCUT2D eigenvalue weighted by Crippen LogP contribution is -2.14. The van der Waals surface area contributed by atoms with Crippen LogP contribution in [0.4, 0.5) is 0 Å². The normalized spacial score (nSPS) is 28.6. The first-order valence-corrected chi connectivity index (χ1v) is 6.79. The Bertz CT molecular complexity index is 430. The van der Waals surface area contributed by atoms with E-state index in [0.717, 1.165) is 37.2 Å². The van der Waals surface area contributed by atoms with Gasteiger partial charge < -0.3 is 14.6 Å². The van der Waals surface area contributed by atoms with Gasteiger partial charge >= 0.3 is 0 Å². The molecule has 3 unspecified atom stereocenters. The summed E-state index contributed by atoms with van der Waals surface area (Å²) in [5.41, 5.74) is 2.23. The van der Waals surface area contributed by atoms with Gasteiger partial charge in [0.05, 0.1) is 25.4 Å². The minimum Gasteiger partial charge on any atom is -0.493 e. The summed E-state index contributed by atoms with van der Waals surface area (Å²) < 4.78 is 11.1. The predicted octanol–water partition coefficient (Wildman–Crippen LogP) is 2.47. The first-order chi connectivity index (χ1) is 8.74. The second kappa shape index (κ2) is 4.90. The van der Waals surface area contributed by atoms with Crippen LogP contribution in [0.5, 0.6) is 5.75 Å². The molecule has 0 spiro atoms. The van der Waals surface area contributed by atoms with Crippen molar-refractivity contribution < 1.29 is 14.6 Å². The number of hydrogen-bond acceptors (Lipinski definition) is 3. The van der Waals surface area contributed by atoms with Crippen LogP contribution in [0, 0.1) is 5.92 Å². The molecule has 0 aliphatic carbocycles. The molecule has 2 heterocycles. The van der Waals surface area contributed by atoms with Gasteiger partial charge in [0.15, 0.2) is 0 Å². The summed E-state index contributed by atoms with van der Waals surface area (Å²) in [5, 5.41) is 10.4. The molecule has 98 valence electrons. The number of ether oxygens (including phenoxy) is 2. The van der Waals surface area contributed by atoms with Crippen LogP contribution in [-0.2, 0) is 11.2 Å². The second-order valence-corrected chi connectivity index (χ2v) is 5.40. The SMILES string of the molecule is CC1CC(C(O)c2ccc3c(c2)CCCO3)CO1. The molecule has 1 N–H and O–H groups in total. The molecular weight excluding hydrogens is 228 g/mol. The van der Waals surface area contributed by atoms with Gasteiger partial charge in [-0.15, -0.1) is 0 Å². The Kier molecular flexibility index (Phi) is 3.27. The van der Waals surface area contributed by atoms with Crippen molar-refractivity contribution in [3.63, 3.8) is 0 Å². The summed E-state index contributed by atoms with van der Waals surface area (Å²) in [6.45, 7) is 3.53. The molecule has 3 heteroatoms. The minimum atomic E-state index is -0.415. The summed E-state index contributed by atoms with van der Waals surface area (Å²) in [7, 11) is 0. The molecule has 0 radical (unpaired) electrons. The number of fused-ring (bicyclic) bond motifs is 1. The highest BCUT2D eigenvalue weighted by Gasteiger charge is 2.29. The largest absolute Gasteiger partial charge is 0.493 e. The van der Waals surface area contributed by atoms with Crippen LogP contribution >= 0.6 is 0 Å². The molecule has 0 bridgehead atoms. The lowest BCUT2D eigenvalue weighted by atomic mass is 9.91. The number of rotatable bonds is 2. The number of benzene rings is 1. The van der Waals surface area contributed by atoms with Crippen LogP contribution in [0.3, 0.4) is 0 Å². The molecule has 3 nitrogen and oxygen atoms in total. The Balaban J connectivity index is 1.79. The molecule has 2 aliphatic rings. The Hall–Kier alpha value is -1.06. The van der Waals surface area contributed by atoms with Crippen LogP contribution in [0.15, 0.2) is 18.2 Å². The summed E-state index contributed by atoms with van der Waals surface area (Å²) in [6.07, 6.45) is 2.91. The molecule has 1 aromatic carbocycles. The highest BCUT2D eigenvalue weighted by atomic mass is 16.5. The summed E-state index contributed by atoms with van der Waals surface area (Å²) in [4.78, 5) is 0. The van der Waals surface area contributed by atoms with E-state index in [-0.39, 0.29) is 12.0 Å². The zero-order chi connectivity index (χ0) is 12.5. The molecule has 0 saturated carbocycles. The van der Waals surface area contributed by atoms with Gasteiger partial charge in [-0.25, -0.2) is 0 Å². The molecule has 1 aromatic rings. The first kappa shape index (κ1) is 12.0. The maximum atomic E-state index is 10.4. The van der Waals surface area contributed by atoms with E-state index in [0.29, 0.717) is 6.61 Å². The molecule has 18 heavy (non-hydrogen) atoms. The van der Waals surface area contributed by atoms with Crippen molar-refractivity contribution in [1.29, 1.82) is 0 Å². The van der Waals surface area contributed by atoms with Crippen molar-refractivity contribution in [1.82, 2.24) is 0 Å². The maximum absolute atomic E-state index is 10.4. The van der Waals surface area contributed by atoms with Crippen LogP contribution in [0.25, 0.3) is 0 Å². The molecule has 2 aliphatic heterocycles. The second-order valence-electron chi connectivity index (χ2n) is 5.40. The van der Waals surface area contributed by atoms with E-state index in [4.69, 9.17) is 9.47 Å². The van der Waals surface area contributed by atoms with Gasteiger partial charge in [0, 0.05) is 5.92 Å². The molecule has 0 aromatic heterocycles. The molecule has 0 amide bonds. The predicted molar refractivity (Wildman–Crippen MR) is 68.7 cm³/mol. The highest BCUT2D eigenvalue weighted by Crippen LogP contribution is 2.34. The van der Waals surface area contributed by atoms with Gasteiger partial charge in [0.1, 0.15) is 5.75 Å². The molecular formula is C15H20O3. The Morgan fingerprint density at radius 2 is 2.28 bits per heavy atom. The monoisotopic (exact) mass is 248 g/mol. The summed E-state index contributed by atoms with van der Waals surface area (Å²) >= 11 is 0. The van der Waals surface area contributed by atoms with Gasteiger partial charge in [0.2, 0.25) is 0 Å². The van der Waals surface area contributed by atoms with Crippen molar-refractivity contribution in [2.45, 2.75) is 38.4 Å². The van der Waals surface area contributed by atoms with E-state index in [1.54, 1.807) is 0 Å². The van der Waals surface area contributed by atoms with Gasteiger partial charge in [-0.3, -0.25) is 0 Å². The number of aliphatic hydroxyl groups is 1. The maximum Gasteiger partial charge on any atom is 0.122 e. The van der Waals surface area contributed by atoms with Gasteiger partial charge in [-0.05, 0) is 49.4 Å². The third-order valence-corrected chi connectivity index (χ3v) is 3.95. The van der Waals surface area contributed by atoms with Gasteiger partial charge in [-0.2, -0.15) is 0 Å². The van der Waals surface area contributed by atoms with Crippen LogP contribution in [0.2, 0.25) is 0 Å². The minimum absolute atomic E-state index is 0.225. The number of aliphatic hydroxyl groups excluding tert-OH is 1. The number of hydrogen-bond donors (Lipinski definition) is 1. The van der Waals surface area contributed by atoms with E-state index in [1.807, 2.05) is 12.1 Å². The van der Waals surface area contributed by atoms with Crippen LogP contribution in [0.1, 0.15) is 37.0 Å². The smallest absolute Gasteiger partial charge is 0.122 e. The Morgan fingerprint density at radius 3 is 3.06 bits per heavy atom. The van der Waals surface area contributed by atoms with Gasteiger partial charge in [0.25, 0.3) is 0 Å². The summed E-state index contributed by atoms with van der Waals surface area (Å²) in [5.74, 6) is 1.20. The molecule has 1 saturated heterocycles. The lowest BCUT2D eigenvalue weighted by Gasteiger charge is -2.21. The Morgan fingerprint density at radius 1 is 1.39 bits per heavy atom. The lowest BCUT2D eigenvalue weighted by molar-refractivity contribution is 0.0803. The zero-order valence-corrected chi connectivity index (χ0v) is 10.8. The van der Waals surface area contributed by atoms with Gasteiger partial charge in [-0.1, -0.05) is 6.07 Å². The quantitative estimate of drug-likeness (QED) is 0.873. The van der Waals surface area contributed by atoms with E-state index in [2.05, 4.69) is 13.0 Å². The van der Waals surface area contributed by atoms with E-state index in [1.165, 1.54) is 5.56 Å². The first-order valence-electron chi connectivity index (χ1n) is 6.79. The van der Waals surface area contributed by atoms with Crippen molar-refractivity contribution in [3.05, 3.63) is 29.3 Å². The average Bonchev–Trinajstić information content (AvgIpc) is 2.84. The fourth-order valence-corrected chi connectivity index (χ4v) is 2.91. The van der Waals surface area contributed by atoms with E-state index < -0.39 is 6.10 Å². The van der Waals surface area contributed by atoms with Crippen molar-refractivity contribution in [3.8, 4) is 5.75 Å². The topological polar surface area (TPSA) is 38.7 Å². The van der Waals surface area contributed by atoms with Crippen LogP contribution in [-0.4, -0.2) is 24.4 Å². The third-order valence-electron chi connectivity index (χ3n) is 3.95. The molecule has 3 rings (SSSR count). The summed E-state index contributed by atoms with van der Waals surface area (Å²) in [6, 6.07) is 6.08. The van der Waals surface area contributed by atoms with Crippen molar-refractivity contribution in [2.75, 3.05) is 13.2 Å². The number of aryl methyl sites for hydroxylation is 1. The molecule has 1 fully saturated rings. The van der Waals surface area contributed by atoms with Crippen LogP contribution < -0.4 is 4.74 Å². The fourth-order valence-electron chi connectivity index (χ4n) is 2.91. The fraction of sp³-hybridized carbons (Fsp3) is 0.600. The standard InChI is InChI=1S/C15H20O3/c1-10-7-13(9-18-10)15(16)12-4-5-14-11(8-12)3-2-6-17-14/h4-5,8,10,13,15-16H,2-3,6-7,9H2,1H3. The van der Waals surface area contributed by atoms with E-state index in [9.17, 15) is 5.11 Å². The zero-order valence-electron chi connectivity index (χ0n) is 10.8. The van der Waals surface area contributed by atoms with Crippen molar-refractivity contribution in [2.24, 2.45) is 5.92 Å². The molecule has 3 atom stereocenters. The Labute approximate surface area is 108 Å². The van der Waals surface area contributed by atoms with E-state index >= 15 is 0 Å². The third kappa shape index (κ3) is 2.25.